The summed E-state index contributed by atoms with van der Waals surface area (Å²) in [6.45, 7) is 4.69. The minimum absolute atomic E-state index is 0.0992. The highest BCUT2D eigenvalue weighted by Gasteiger charge is 2.32. The maximum absolute atomic E-state index is 13.2. The number of amidine groups is 1. The lowest BCUT2D eigenvalue weighted by atomic mass is 10.1. The molecule has 0 atom stereocenters. The van der Waals surface area contributed by atoms with E-state index in [4.69, 9.17) is 37.7 Å². The summed E-state index contributed by atoms with van der Waals surface area (Å²) in [7, 11) is 1.58. The lowest BCUT2D eigenvalue weighted by Crippen LogP contribution is -2.28. The summed E-state index contributed by atoms with van der Waals surface area (Å²) in [5.41, 5.74) is 3.47. The van der Waals surface area contributed by atoms with Gasteiger partial charge in [-0.3, -0.25) is 9.69 Å². The van der Waals surface area contributed by atoms with Crippen LogP contribution >= 0.6 is 35.0 Å². The Morgan fingerprint density at radius 3 is 2.54 bits per heavy atom. The molecule has 35 heavy (non-hydrogen) atoms. The van der Waals surface area contributed by atoms with Crippen LogP contribution in [0.5, 0.6) is 11.5 Å². The molecular formula is C27H24Cl2N2O3S. The first-order valence-corrected chi connectivity index (χ1v) is 12.6. The van der Waals surface area contributed by atoms with Crippen LogP contribution in [-0.2, 0) is 11.4 Å². The predicted octanol–water partition coefficient (Wildman–Crippen LogP) is 7.51. The van der Waals surface area contributed by atoms with E-state index >= 15 is 0 Å². The summed E-state index contributed by atoms with van der Waals surface area (Å²) in [6.07, 6.45) is 1.81. The van der Waals surface area contributed by atoms with Crippen molar-refractivity contribution in [3.05, 3.63) is 92.3 Å². The summed E-state index contributed by atoms with van der Waals surface area (Å²) in [6, 6.07) is 18.7. The van der Waals surface area contributed by atoms with Gasteiger partial charge < -0.3 is 9.47 Å². The van der Waals surface area contributed by atoms with Crippen LogP contribution in [0.2, 0.25) is 10.0 Å². The molecule has 1 aliphatic heterocycles. The number of methoxy groups -OCH3 is 1. The van der Waals surface area contributed by atoms with E-state index in [1.54, 1.807) is 24.1 Å². The molecule has 1 heterocycles. The first kappa shape index (κ1) is 25.2. The molecule has 3 aromatic rings. The van der Waals surface area contributed by atoms with Gasteiger partial charge in [-0.2, -0.15) is 0 Å². The number of aryl methyl sites for hydroxylation is 1. The van der Waals surface area contributed by atoms with Crippen molar-refractivity contribution >= 4 is 57.8 Å². The van der Waals surface area contributed by atoms with Crippen molar-refractivity contribution in [2.24, 2.45) is 4.99 Å². The normalized spacial score (nSPS) is 15.8. The van der Waals surface area contributed by atoms with Gasteiger partial charge in [0.15, 0.2) is 16.7 Å². The largest absolute Gasteiger partial charge is 0.493 e. The SMILES string of the molecule is CCN1C(=O)/C(=C\c2cccc(OC)c2OCc2ccc(Cl)cc2Cl)SC1=Nc1ccc(C)cc1. The van der Waals surface area contributed by atoms with Crippen LogP contribution in [0.3, 0.4) is 0 Å². The summed E-state index contributed by atoms with van der Waals surface area (Å²) in [4.78, 5) is 20.1. The summed E-state index contributed by atoms with van der Waals surface area (Å²) in [5.74, 6) is 0.979. The Balaban J connectivity index is 1.65. The molecule has 1 aliphatic rings. The Labute approximate surface area is 219 Å². The molecule has 0 spiro atoms. The van der Waals surface area contributed by atoms with Crippen LogP contribution in [0, 0.1) is 6.92 Å². The number of amides is 1. The van der Waals surface area contributed by atoms with Gasteiger partial charge in [0.25, 0.3) is 5.91 Å². The average molecular weight is 527 g/mol. The molecule has 0 aliphatic carbocycles. The molecule has 0 saturated carbocycles. The minimum Gasteiger partial charge on any atom is -0.493 e. The molecule has 1 fully saturated rings. The van der Waals surface area contributed by atoms with Crippen molar-refractivity contribution in [3.8, 4) is 11.5 Å². The standard InChI is InChI=1S/C27H24Cl2N2O3S/c1-4-31-26(32)24(35-27(31)30-21-12-8-17(2)9-13-21)14-18-6-5-7-23(33-3)25(18)34-16-19-10-11-20(28)15-22(19)29/h5-15H,4,16H2,1-3H3/b24-14+,30-27?. The van der Waals surface area contributed by atoms with Crippen molar-refractivity contribution < 1.29 is 14.3 Å². The zero-order valence-electron chi connectivity index (χ0n) is 19.5. The van der Waals surface area contributed by atoms with E-state index in [0.29, 0.717) is 38.2 Å². The van der Waals surface area contributed by atoms with Crippen LogP contribution in [-0.4, -0.2) is 29.6 Å². The van der Waals surface area contributed by atoms with Crippen LogP contribution < -0.4 is 9.47 Å². The van der Waals surface area contributed by atoms with Gasteiger partial charge in [0.2, 0.25) is 0 Å². The monoisotopic (exact) mass is 526 g/mol. The Hall–Kier alpha value is -2.93. The van der Waals surface area contributed by atoms with E-state index in [-0.39, 0.29) is 12.5 Å². The first-order chi connectivity index (χ1) is 16.9. The third-order valence-electron chi connectivity index (χ3n) is 5.37. The number of hydrogen-bond acceptors (Lipinski definition) is 5. The molecule has 3 aromatic carbocycles. The smallest absolute Gasteiger partial charge is 0.266 e. The van der Waals surface area contributed by atoms with Crippen molar-refractivity contribution in [3.63, 3.8) is 0 Å². The van der Waals surface area contributed by atoms with Crippen LogP contribution in [0.1, 0.15) is 23.6 Å². The number of halogens is 2. The summed E-state index contributed by atoms with van der Waals surface area (Å²) >= 11 is 13.7. The second-order valence-electron chi connectivity index (χ2n) is 7.79. The van der Waals surface area contributed by atoms with Crippen molar-refractivity contribution in [1.82, 2.24) is 4.90 Å². The molecule has 180 valence electrons. The van der Waals surface area contributed by atoms with E-state index in [1.807, 2.05) is 68.5 Å². The number of likely N-dealkylation sites (N-methyl/N-ethyl adjacent to an activating group) is 1. The summed E-state index contributed by atoms with van der Waals surface area (Å²) < 4.78 is 11.7. The number of hydrogen-bond donors (Lipinski definition) is 0. The molecule has 1 amide bonds. The number of thioether (sulfide) groups is 1. The quantitative estimate of drug-likeness (QED) is 0.299. The van der Waals surface area contributed by atoms with Crippen molar-refractivity contribution in [1.29, 1.82) is 0 Å². The molecule has 4 rings (SSSR count). The number of carbonyl (C=O) groups excluding carboxylic acids is 1. The Bertz CT molecular complexity index is 1310. The Morgan fingerprint density at radius 1 is 1.09 bits per heavy atom. The molecule has 0 aromatic heterocycles. The Kier molecular flexibility index (Phi) is 8.06. The van der Waals surface area contributed by atoms with Gasteiger partial charge in [0.05, 0.1) is 17.7 Å². The highest BCUT2D eigenvalue weighted by molar-refractivity contribution is 8.18. The number of para-hydroxylation sites is 1. The predicted molar refractivity (Wildman–Crippen MR) is 145 cm³/mol. The van der Waals surface area contributed by atoms with Gasteiger partial charge in [-0.05, 0) is 62.0 Å². The van der Waals surface area contributed by atoms with Gasteiger partial charge in [-0.15, -0.1) is 0 Å². The van der Waals surface area contributed by atoms with Gasteiger partial charge >= 0.3 is 0 Å². The fourth-order valence-corrected chi connectivity index (χ4v) is 5.01. The lowest BCUT2D eigenvalue weighted by Gasteiger charge is -2.14. The summed E-state index contributed by atoms with van der Waals surface area (Å²) in [5, 5.41) is 1.72. The molecule has 1 saturated heterocycles. The lowest BCUT2D eigenvalue weighted by molar-refractivity contribution is -0.122. The number of nitrogens with zero attached hydrogens (tertiary/aromatic N) is 2. The van der Waals surface area contributed by atoms with Gasteiger partial charge in [0.1, 0.15) is 6.61 Å². The van der Waals surface area contributed by atoms with E-state index in [2.05, 4.69) is 0 Å². The van der Waals surface area contributed by atoms with Crippen molar-refractivity contribution in [2.75, 3.05) is 13.7 Å². The molecule has 0 bridgehead atoms. The first-order valence-electron chi connectivity index (χ1n) is 11.0. The second-order valence-corrected chi connectivity index (χ2v) is 9.65. The zero-order chi connectivity index (χ0) is 24.9. The molecule has 5 nitrogen and oxygen atoms in total. The van der Waals surface area contributed by atoms with Crippen LogP contribution in [0.4, 0.5) is 5.69 Å². The van der Waals surface area contributed by atoms with E-state index < -0.39 is 0 Å². The van der Waals surface area contributed by atoms with Gasteiger partial charge in [-0.25, -0.2) is 4.99 Å². The van der Waals surface area contributed by atoms with Crippen LogP contribution in [0.15, 0.2) is 70.6 Å². The molecule has 0 radical (unpaired) electrons. The second kappa shape index (κ2) is 11.2. The average Bonchev–Trinajstić information content (AvgIpc) is 3.14. The van der Waals surface area contributed by atoms with E-state index in [0.717, 1.165) is 22.4 Å². The van der Waals surface area contributed by atoms with E-state index in [9.17, 15) is 4.79 Å². The fraction of sp³-hybridized carbons (Fsp3) is 0.185. The number of carbonyl (C=O) groups is 1. The third kappa shape index (κ3) is 5.84. The Morgan fingerprint density at radius 2 is 1.86 bits per heavy atom. The highest BCUT2D eigenvalue weighted by Crippen LogP contribution is 2.38. The highest BCUT2D eigenvalue weighted by atomic mass is 35.5. The maximum Gasteiger partial charge on any atom is 0.266 e. The number of benzene rings is 3. The third-order valence-corrected chi connectivity index (χ3v) is 6.96. The molecule has 0 unspecified atom stereocenters. The zero-order valence-corrected chi connectivity index (χ0v) is 21.9. The van der Waals surface area contributed by atoms with Crippen molar-refractivity contribution in [2.45, 2.75) is 20.5 Å². The van der Waals surface area contributed by atoms with E-state index in [1.165, 1.54) is 11.8 Å². The number of aliphatic imine (C=N–C) groups is 1. The molecule has 0 N–H and O–H groups in total. The minimum atomic E-state index is -0.0992. The van der Waals surface area contributed by atoms with Crippen LogP contribution in [0.25, 0.3) is 6.08 Å². The van der Waals surface area contributed by atoms with Gasteiger partial charge in [0, 0.05) is 27.7 Å². The number of ether oxygens (including phenoxy) is 2. The fourth-order valence-electron chi connectivity index (χ4n) is 3.49. The number of rotatable bonds is 7. The molecule has 8 heteroatoms. The van der Waals surface area contributed by atoms with Gasteiger partial charge in [-0.1, -0.05) is 59.1 Å². The topological polar surface area (TPSA) is 51.1 Å². The molecular weight excluding hydrogens is 503 g/mol. The maximum atomic E-state index is 13.2.